The number of benzene rings is 1. The molecule has 0 bridgehead atoms. The zero-order valence-electron chi connectivity index (χ0n) is 12.2. The summed E-state index contributed by atoms with van der Waals surface area (Å²) in [6.45, 7) is 2.05. The number of morpholine rings is 1. The molecule has 0 aliphatic carbocycles. The van der Waals surface area contributed by atoms with E-state index in [1.165, 1.54) is 22.5 Å². The third-order valence-electron chi connectivity index (χ3n) is 4.36. The Hall–Kier alpha value is -0.730. The van der Waals surface area contributed by atoms with E-state index in [9.17, 15) is 12.8 Å². The van der Waals surface area contributed by atoms with Gasteiger partial charge in [0.25, 0.3) is 0 Å². The van der Waals surface area contributed by atoms with Gasteiger partial charge in [0.1, 0.15) is 4.90 Å². The van der Waals surface area contributed by atoms with E-state index in [0.29, 0.717) is 26.1 Å². The van der Waals surface area contributed by atoms with Crippen LogP contribution in [0.4, 0.5) is 4.39 Å². The van der Waals surface area contributed by atoms with Crippen LogP contribution in [0.25, 0.3) is 0 Å². The molecule has 2 aliphatic heterocycles. The molecule has 1 aromatic carbocycles. The summed E-state index contributed by atoms with van der Waals surface area (Å²) < 4.78 is 46.5. The molecule has 122 valence electrons. The Balaban J connectivity index is 1.88. The Morgan fingerprint density at radius 2 is 2.14 bits per heavy atom. The van der Waals surface area contributed by atoms with E-state index < -0.39 is 15.8 Å². The third-order valence-corrected chi connectivity index (χ3v) is 6.53. The van der Waals surface area contributed by atoms with Crippen molar-refractivity contribution in [3.63, 3.8) is 0 Å². The SMILES string of the molecule is CN1CCO[C@@H]2CCN(S(=O)(=O)c3cccc(Cl)c3F)C[C@H]21. The van der Waals surface area contributed by atoms with E-state index in [1.807, 2.05) is 7.05 Å². The van der Waals surface area contributed by atoms with Crippen molar-refractivity contribution in [1.82, 2.24) is 9.21 Å². The number of hydrogen-bond acceptors (Lipinski definition) is 4. The summed E-state index contributed by atoms with van der Waals surface area (Å²) in [5.74, 6) is -0.889. The predicted molar refractivity (Wildman–Crippen MR) is 80.9 cm³/mol. The largest absolute Gasteiger partial charge is 0.375 e. The minimum absolute atomic E-state index is 0.000444. The molecule has 2 aliphatic rings. The number of rotatable bonds is 2. The van der Waals surface area contributed by atoms with Crippen LogP contribution in [0.15, 0.2) is 23.1 Å². The molecule has 8 heteroatoms. The lowest BCUT2D eigenvalue weighted by Gasteiger charge is -2.45. The molecule has 1 aromatic rings. The molecule has 2 atom stereocenters. The molecule has 0 spiro atoms. The molecular weight excluding hydrogens is 331 g/mol. The lowest BCUT2D eigenvalue weighted by molar-refractivity contribution is -0.0840. The quantitative estimate of drug-likeness (QED) is 0.814. The second-order valence-electron chi connectivity index (χ2n) is 5.66. The highest BCUT2D eigenvalue weighted by Crippen LogP contribution is 2.29. The van der Waals surface area contributed by atoms with E-state index in [2.05, 4.69) is 4.90 Å². The Morgan fingerprint density at radius 3 is 2.91 bits per heavy atom. The molecule has 2 fully saturated rings. The number of hydrogen-bond donors (Lipinski definition) is 0. The first-order valence-electron chi connectivity index (χ1n) is 7.17. The minimum atomic E-state index is -3.90. The molecule has 0 radical (unpaired) electrons. The van der Waals surface area contributed by atoms with Gasteiger partial charge in [-0.1, -0.05) is 17.7 Å². The van der Waals surface area contributed by atoms with Gasteiger partial charge < -0.3 is 4.74 Å². The van der Waals surface area contributed by atoms with E-state index in [1.54, 1.807) is 0 Å². The predicted octanol–water partition coefficient (Wildman–Crippen LogP) is 1.57. The molecule has 2 heterocycles. The lowest BCUT2D eigenvalue weighted by Crippen LogP contribution is -2.59. The average Bonchev–Trinajstić information content (AvgIpc) is 2.50. The average molecular weight is 349 g/mol. The molecule has 22 heavy (non-hydrogen) atoms. The topological polar surface area (TPSA) is 49.9 Å². The maximum atomic E-state index is 14.1. The summed E-state index contributed by atoms with van der Waals surface area (Å²) in [6.07, 6.45) is 0.644. The Labute approximate surface area is 134 Å². The molecule has 2 saturated heterocycles. The van der Waals surface area contributed by atoms with Crippen LogP contribution in [0.3, 0.4) is 0 Å². The number of sulfonamides is 1. The van der Waals surface area contributed by atoms with Crippen LogP contribution in [-0.4, -0.2) is 63.1 Å². The van der Waals surface area contributed by atoms with Crippen molar-refractivity contribution in [2.45, 2.75) is 23.5 Å². The summed E-state index contributed by atoms with van der Waals surface area (Å²) in [5.41, 5.74) is 0. The summed E-state index contributed by atoms with van der Waals surface area (Å²) in [7, 11) is -1.94. The maximum Gasteiger partial charge on any atom is 0.246 e. The third kappa shape index (κ3) is 2.76. The summed E-state index contributed by atoms with van der Waals surface area (Å²) in [4.78, 5) is 1.74. The van der Waals surface area contributed by atoms with Crippen LogP contribution < -0.4 is 0 Å². The monoisotopic (exact) mass is 348 g/mol. The van der Waals surface area contributed by atoms with Crippen molar-refractivity contribution in [1.29, 1.82) is 0 Å². The van der Waals surface area contributed by atoms with E-state index >= 15 is 0 Å². The number of nitrogens with zero attached hydrogens (tertiary/aromatic N) is 2. The number of likely N-dealkylation sites (N-methyl/N-ethyl adjacent to an activating group) is 1. The van der Waals surface area contributed by atoms with Gasteiger partial charge >= 0.3 is 0 Å². The Bertz CT molecular complexity index is 670. The number of ether oxygens (including phenoxy) is 1. The number of fused-ring (bicyclic) bond motifs is 1. The maximum absolute atomic E-state index is 14.1. The van der Waals surface area contributed by atoms with Crippen molar-refractivity contribution < 1.29 is 17.5 Å². The highest BCUT2D eigenvalue weighted by molar-refractivity contribution is 7.89. The van der Waals surface area contributed by atoms with E-state index in [-0.39, 0.29) is 22.1 Å². The molecule has 0 aromatic heterocycles. The van der Waals surface area contributed by atoms with Crippen molar-refractivity contribution in [2.75, 3.05) is 33.3 Å². The van der Waals surface area contributed by atoms with Crippen LogP contribution >= 0.6 is 11.6 Å². The second-order valence-corrected chi connectivity index (χ2v) is 7.97. The summed E-state index contributed by atoms with van der Waals surface area (Å²) in [5, 5.41) is -0.186. The molecule has 0 amide bonds. The fourth-order valence-corrected chi connectivity index (χ4v) is 4.84. The van der Waals surface area contributed by atoms with Crippen LogP contribution in [0, 0.1) is 5.82 Å². The molecule has 5 nitrogen and oxygen atoms in total. The molecular formula is C14H18ClFN2O3S. The molecule has 0 unspecified atom stereocenters. The van der Waals surface area contributed by atoms with Gasteiger partial charge in [0.05, 0.1) is 17.7 Å². The molecule has 0 N–H and O–H groups in total. The van der Waals surface area contributed by atoms with Crippen molar-refractivity contribution in [3.05, 3.63) is 29.0 Å². The standard InChI is InChI=1S/C14H18ClFN2O3S/c1-17-7-8-21-12-5-6-18(9-11(12)17)22(19,20)13-4-2-3-10(15)14(13)16/h2-4,11-12H,5-9H2,1H3/t11-,12-/m1/s1. The van der Waals surface area contributed by atoms with Gasteiger partial charge in [-0.15, -0.1) is 0 Å². The Morgan fingerprint density at radius 1 is 1.36 bits per heavy atom. The number of piperidine rings is 1. The van der Waals surface area contributed by atoms with Crippen molar-refractivity contribution in [2.24, 2.45) is 0 Å². The van der Waals surface area contributed by atoms with Crippen molar-refractivity contribution >= 4 is 21.6 Å². The van der Waals surface area contributed by atoms with Gasteiger partial charge in [-0.25, -0.2) is 12.8 Å². The zero-order chi connectivity index (χ0) is 15.9. The van der Waals surface area contributed by atoms with Gasteiger partial charge in [0, 0.05) is 25.7 Å². The summed E-state index contributed by atoms with van der Waals surface area (Å²) >= 11 is 5.71. The van der Waals surface area contributed by atoms with Gasteiger partial charge in [0.2, 0.25) is 10.0 Å². The Kier molecular flexibility index (Phi) is 4.44. The van der Waals surface area contributed by atoms with Gasteiger partial charge in [0.15, 0.2) is 5.82 Å². The first-order chi connectivity index (χ1) is 10.4. The van der Waals surface area contributed by atoms with Crippen LogP contribution in [0.2, 0.25) is 5.02 Å². The minimum Gasteiger partial charge on any atom is -0.375 e. The van der Waals surface area contributed by atoms with Gasteiger partial charge in [-0.05, 0) is 25.6 Å². The van der Waals surface area contributed by atoms with Crippen molar-refractivity contribution in [3.8, 4) is 0 Å². The second kappa shape index (κ2) is 6.05. The fraction of sp³-hybridized carbons (Fsp3) is 0.571. The van der Waals surface area contributed by atoms with E-state index in [4.69, 9.17) is 16.3 Å². The highest BCUT2D eigenvalue weighted by Gasteiger charge is 2.40. The van der Waals surface area contributed by atoms with E-state index in [0.717, 1.165) is 6.54 Å². The van der Waals surface area contributed by atoms with Gasteiger partial charge in [-0.3, -0.25) is 4.90 Å². The van der Waals surface area contributed by atoms with Crippen LogP contribution in [-0.2, 0) is 14.8 Å². The first kappa shape index (κ1) is 16.1. The van der Waals surface area contributed by atoms with Crippen LogP contribution in [0.1, 0.15) is 6.42 Å². The van der Waals surface area contributed by atoms with Gasteiger partial charge in [-0.2, -0.15) is 4.31 Å². The normalized spacial score (nSPS) is 27.6. The zero-order valence-corrected chi connectivity index (χ0v) is 13.8. The smallest absolute Gasteiger partial charge is 0.246 e. The van der Waals surface area contributed by atoms with Crippen LogP contribution in [0.5, 0.6) is 0 Å². The lowest BCUT2D eigenvalue weighted by atomic mass is 10.0. The number of halogens is 2. The highest BCUT2D eigenvalue weighted by atomic mass is 35.5. The molecule has 0 saturated carbocycles. The first-order valence-corrected chi connectivity index (χ1v) is 8.99. The molecule has 3 rings (SSSR count). The fourth-order valence-electron chi connectivity index (χ4n) is 3.05. The summed E-state index contributed by atoms with van der Waals surface area (Å²) in [6, 6.07) is 4.04.